The third-order valence-corrected chi connectivity index (χ3v) is 7.14. The maximum atomic E-state index is 12.8. The van der Waals surface area contributed by atoms with Crippen molar-refractivity contribution in [1.29, 1.82) is 0 Å². The number of hydrogen-bond donors (Lipinski definition) is 1. The number of hydrogen-bond acceptors (Lipinski definition) is 3. The Morgan fingerprint density at radius 1 is 1.09 bits per heavy atom. The highest BCUT2D eigenvalue weighted by molar-refractivity contribution is 7.91. The zero-order valence-electron chi connectivity index (χ0n) is 13.6. The number of carbonyl (C=O) groups is 1. The Kier molecular flexibility index (Phi) is 4.40. The van der Waals surface area contributed by atoms with Crippen LogP contribution in [0.3, 0.4) is 0 Å². The van der Waals surface area contributed by atoms with E-state index in [2.05, 4.69) is 12.2 Å². The van der Waals surface area contributed by atoms with Crippen LogP contribution in [0.15, 0.2) is 0 Å². The van der Waals surface area contributed by atoms with Crippen LogP contribution in [0.25, 0.3) is 0 Å². The summed E-state index contributed by atoms with van der Waals surface area (Å²) in [6.07, 6.45) is 9.29. The van der Waals surface area contributed by atoms with E-state index in [9.17, 15) is 13.2 Å². The van der Waals surface area contributed by atoms with E-state index in [0.717, 1.165) is 32.1 Å². The molecule has 5 nitrogen and oxygen atoms in total. The lowest BCUT2D eigenvalue weighted by Gasteiger charge is -2.35. The van der Waals surface area contributed by atoms with E-state index in [1.807, 2.05) is 4.90 Å². The van der Waals surface area contributed by atoms with Crippen molar-refractivity contribution in [1.82, 2.24) is 10.2 Å². The van der Waals surface area contributed by atoms with E-state index in [-0.39, 0.29) is 18.1 Å². The third-order valence-electron chi connectivity index (χ3n) is 5.48. The van der Waals surface area contributed by atoms with Gasteiger partial charge >= 0.3 is 6.03 Å². The van der Waals surface area contributed by atoms with Gasteiger partial charge in [-0.25, -0.2) is 13.2 Å². The summed E-state index contributed by atoms with van der Waals surface area (Å²) in [5, 5.41) is 2.65. The van der Waals surface area contributed by atoms with Gasteiger partial charge in [-0.3, -0.25) is 0 Å². The van der Waals surface area contributed by atoms with Crippen molar-refractivity contribution in [2.75, 3.05) is 6.26 Å². The van der Waals surface area contributed by atoms with E-state index >= 15 is 0 Å². The van der Waals surface area contributed by atoms with E-state index in [4.69, 9.17) is 0 Å². The van der Waals surface area contributed by atoms with Crippen LogP contribution in [-0.2, 0) is 9.84 Å². The fourth-order valence-corrected chi connectivity index (χ4v) is 5.25. The smallest absolute Gasteiger partial charge is 0.318 e. The normalized spacial score (nSPS) is 30.6. The second kappa shape index (κ2) is 6.02. The number of sulfone groups is 1. The van der Waals surface area contributed by atoms with Crippen LogP contribution in [-0.4, -0.2) is 49.0 Å². The van der Waals surface area contributed by atoms with Crippen LogP contribution in [0, 0.1) is 5.92 Å². The molecule has 22 heavy (non-hydrogen) atoms. The van der Waals surface area contributed by atoms with Crippen molar-refractivity contribution in [2.45, 2.75) is 81.7 Å². The number of nitrogens with one attached hydrogen (secondary N) is 1. The van der Waals surface area contributed by atoms with Crippen LogP contribution in [0.2, 0.25) is 0 Å². The predicted octanol–water partition coefficient (Wildman–Crippen LogP) is 2.31. The van der Waals surface area contributed by atoms with E-state index in [1.165, 1.54) is 19.1 Å². The highest BCUT2D eigenvalue weighted by Crippen LogP contribution is 2.39. The quantitative estimate of drug-likeness (QED) is 0.842. The molecule has 3 saturated carbocycles. The Bertz CT molecular complexity index is 526. The second-order valence-electron chi connectivity index (χ2n) is 7.42. The lowest BCUT2D eigenvalue weighted by molar-refractivity contribution is 0.161. The molecule has 3 aliphatic rings. The molecule has 0 saturated heterocycles. The van der Waals surface area contributed by atoms with Crippen molar-refractivity contribution < 1.29 is 13.2 Å². The summed E-state index contributed by atoms with van der Waals surface area (Å²) in [5.41, 5.74) is 0. The molecule has 0 aromatic rings. The van der Waals surface area contributed by atoms with E-state index < -0.39 is 15.1 Å². The Labute approximate surface area is 133 Å². The molecule has 0 spiro atoms. The van der Waals surface area contributed by atoms with Crippen molar-refractivity contribution in [3.8, 4) is 0 Å². The Morgan fingerprint density at radius 3 is 2.27 bits per heavy atom. The van der Waals surface area contributed by atoms with Crippen molar-refractivity contribution in [2.24, 2.45) is 5.92 Å². The zero-order valence-corrected chi connectivity index (χ0v) is 14.4. The van der Waals surface area contributed by atoms with Gasteiger partial charge in [-0.05, 0) is 51.4 Å². The summed E-state index contributed by atoms with van der Waals surface area (Å²) in [6, 6.07) is 0.398. The molecule has 3 fully saturated rings. The first-order chi connectivity index (χ1) is 10.4. The summed E-state index contributed by atoms with van der Waals surface area (Å²) in [5.74, 6) is 0.642. The highest BCUT2D eigenvalue weighted by atomic mass is 32.2. The topological polar surface area (TPSA) is 66.5 Å². The average Bonchev–Trinajstić information content (AvgIpc) is 3.31. The fourth-order valence-electron chi connectivity index (χ4n) is 3.85. The first-order valence-electron chi connectivity index (χ1n) is 8.65. The van der Waals surface area contributed by atoms with Crippen LogP contribution in [0.1, 0.15) is 58.3 Å². The lowest BCUT2D eigenvalue weighted by atomic mass is 9.95. The SMILES string of the molecule is CC(C1CC1)N(C(=O)N[C@@H]1CCCC[C@H]1S(C)(=O)=O)C1CC1. The standard InChI is InChI=1S/C16H28N2O3S/c1-11(12-7-8-12)18(13-9-10-13)16(19)17-14-5-3-4-6-15(14)22(2,20)21/h11-15H,3-10H2,1-2H3,(H,17,19)/t11?,14-,15-/m1/s1. The van der Waals surface area contributed by atoms with Gasteiger partial charge in [0.2, 0.25) is 0 Å². The van der Waals surface area contributed by atoms with E-state index in [1.54, 1.807) is 0 Å². The number of nitrogens with zero attached hydrogens (tertiary/aromatic N) is 1. The van der Waals surface area contributed by atoms with Gasteiger partial charge < -0.3 is 10.2 Å². The van der Waals surface area contributed by atoms with E-state index in [0.29, 0.717) is 18.4 Å². The molecule has 2 amide bonds. The van der Waals surface area contributed by atoms with Crippen LogP contribution in [0.4, 0.5) is 4.79 Å². The number of rotatable bonds is 5. The van der Waals surface area contributed by atoms with Gasteiger partial charge in [-0.2, -0.15) is 0 Å². The van der Waals surface area contributed by atoms with Gasteiger partial charge in [0.25, 0.3) is 0 Å². The molecule has 0 aliphatic heterocycles. The highest BCUT2D eigenvalue weighted by Gasteiger charge is 2.43. The molecule has 1 N–H and O–H groups in total. The Morgan fingerprint density at radius 2 is 1.73 bits per heavy atom. The van der Waals surface area contributed by atoms with Gasteiger partial charge in [-0.1, -0.05) is 12.8 Å². The Balaban J connectivity index is 1.68. The average molecular weight is 328 g/mol. The van der Waals surface area contributed by atoms with Gasteiger partial charge in [0, 0.05) is 24.4 Å². The maximum absolute atomic E-state index is 12.8. The molecule has 126 valence electrons. The lowest BCUT2D eigenvalue weighted by Crippen LogP contribution is -2.55. The number of urea groups is 1. The van der Waals surface area contributed by atoms with Gasteiger partial charge in [0.15, 0.2) is 9.84 Å². The first-order valence-corrected chi connectivity index (χ1v) is 10.6. The fraction of sp³-hybridized carbons (Fsp3) is 0.938. The Hall–Kier alpha value is -0.780. The summed E-state index contributed by atoms with van der Waals surface area (Å²) >= 11 is 0. The minimum Gasteiger partial charge on any atom is -0.334 e. The molecule has 3 aliphatic carbocycles. The second-order valence-corrected chi connectivity index (χ2v) is 9.69. The predicted molar refractivity (Wildman–Crippen MR) is 86.5 cm³/mol. The molecular weight excluding hydrogens is 300 g/mol. The third kappa shape index (κ3) is 3.58. The molecule has 6 heteroatoms. The van der Waals surface area contributed by atoms with Gasteiger partial charge in [0.1, 0.15) is 0 Å². The molecule has 0 bridgehead atoms. The summed E-state index contributed by atoms with van der Waals surface area (Å²) in [7, 11) is -3.11. The van der Waals surface area contributed by atoms with Crippen molar-refractivity contribution >= 4 is 15.9 Å². The number of amides is 2. The number of carbonyl (C=O) groups excluding carboxylic acids is 1. The van der Waals surface area contributed by atoms with Crippen LogP contribution >= 0.6 is 0 Å². The summed E-state index contributed by atoms with van der Waals surface area (Å²) in [6.45, 7) is 2.14. The summed E-state index contributed by atoms with van der Waals surface area (Å²) < 4.78 is 24.0. The van der Waals surface area contributed by atoms with Crippen molar-refractivity contribution in [3.05, 3.63) is 0 Å². The van der Waals surface area contributed by atoms with Gasteiger partial charge in [0.05, 0.1) is 5.25 Å². The molecule has 3 rings (SSSR count). The molecule has 0 heterocycles. The molecule has 0 aromatic heterocycles. The first kappa shape index (κ1) is 16.1. The van der Waals surface area contributed by atoms with Crippen LogP contribution in [0.5, 0.6) is 0 Å². The minimum atomic E-state index is -3.11. The summed E-state index contributed by atoms with van der Waals surface area (Å²) in [4.78, 5) is 14.8. The molecule has 0 aromatic carbocycles. The molecule has 3 atom stereocenters. The maximum Gasteiger partial charge on any atom is 0.318 e. The monoisotopic (exact) mass is 328 g/mol. The molecular formula is C16H28N2O3S. The largest absolute Gasteiger partial charge is 0.334 e. The van der Waals surface area contributed by atoms with Crippen LogP contribution < -0.4 is 5.32 Å². The van der Waals surface area contributed by atoms with Gasteiger partial charge in [-0.15, -0.1) is 0 Å². The minimum absolute atomic E-state index is 0.0394. The van der Waals surface area contributed by atoms with Crippen molar-refractivity contribution in [3.63, 3.8) is 0 Å². The molecule has 0 radical (unpaired) electrons. The molecule has 1 unspecified atom stereocenters. The zero-order chi connectivity index (χ0) is 15.9.